The molecule has 0 spiro atoms. The molecule has 3 aromatic heterocycles. The van der Waals surface area contributed by atoms with Crippen LogP contribution in [0.3, 0.4) is 0 Å². The zero-order valence-corrected chi connectivity index (χ0v) is 12.1. The Labute approximate surface area is 121 Å². The molecule has 1 unspecified atom stereocenters. The average molecular weight is 306 g/mol. The van der Waals surface area contributed by atoms with Crippen LogP contribution in [0.5, 0.6) is 0 Å². The predicted molar refractivity (Wildman–Crippen MR) is 75.0 cm³/mol. The number of pyridine rings is 1. The van der Waals surface area contributed by atoms with E-state index in [-0.39, 0.29) is 10.9 Å². The minimum Gasteiger partial charge on any atom is -0.251 e. The summed E-state index contributed by atoms with van der Waals surface area (Å²) in [6.45, 7) is 2.17. The second kappa shape index (κ2) is 5.26. The molecule has 0 fully saturated rings. The van der Waals surface area contributed by atoms with Crippen LogP contribution in [0.25, 0.3) is 5.52 Å². The molecule has 0 aromatic carbocycles. The SMILES string of the molecule is CC(Cn1cncn1)NS(=O)(=O)c1cnn2ccccc12. The van der Waals surface area contributed by atoms with Gasteiger partial charge in [0.2, 0.25) is 10.0 Å². The van der Waals surface area contributed by atoms with Crippen molar-refractivity contribution in [1.82, 2.24) is 29.1 Å². The number of sulfonamides is 1. The maximum absolute atomic E-state index is 12.4. The van der Waals surface area contributed by atoms with Crippen molar-refractivity contribution < 1.29 is 8.42 Å². The van der Waals surface area contributed by atoms with Gasteiger partial charge in [-0.05, 0) is 19.1 Å². The van der Waals surface area contributed by atoms with E-state index in [0.717, 1.165) is 0 Å². The van der Waals surface area contributed by atoms with Crippen molar-refractivity contribution in [3.05, 3.63) is 43.2 Å². The summed E-state index contributed by atoms with van der Waals surface area (Å²) in [5, 5.41) is 7.99. The zero-order chi connectivity index (χ0) is 14.9. The molecule has 0 saturated carbocycles. The van der Waals surface area contributed by atoms with Crippen LogP contribution >= 0.6 is 0 Å². The summed E-state index contributed by atoms with van der Waals surface area (Å²) in [5.74, 6) is 0. The van der Waals surface area contributed by atoms with Gasteiger partial charge in [0, 0.05) is 12.2 Å². The van der Waals surface area contributed by atoms with Crippen LogP contribution in [0.2, 0.25) is 0 Å². The Morgan fingerprint density at radius 3 is 2.95 bits per heavy atom. The normalized spacial score (nSPS) is 13.6. The van der Waals surface area contributed by atoms with Crippen LogP contribution in [0.4, 0.5) is 0 Å². The van der Waals surface area contributed by atoms with E-state index >= 15 is 0 Å². The Morgan fingerprint density at radius 1 is 1.33 bits per heavy atom. The number of aromatic nitrogens is 5. The number of hydrogen-bond acceptors (Lipinski definition) is 5. The molecule has 1 atom stereocenters. The van der Waals surface area contributed by atoms with Crippen molar-refractivity contribution in [2.75, 3.05) is 0 Å². The molecule has 1 N–H and O–H groups in total. The summed E-state index contributed by atoms with van der Waals surface area (Å²) in [6, 6.07) is 4.95. The second-order valence-corrected chi connectivity index (χ2v) is 6.36. The molecule has 21 heavy (non-hydrogen) atoms. The van der Waals surface area contributed by atoms with Crippen molar-refractivity contribution in [3.8, 4) is 0 Å². The minimum absolute atomic E-state index is 0.161. The lowest BCUT2D eigenvalue weighted by Crippen LogP contribution is -2.35. The third kappa shape index (κ3) is 2.78. The molecule has 0 aliphatic heterocycles. The third-order valence-corrected chi connectivity index (χ3v) is 4.57. The van der Waals surface area contributed by atoms with E-state index in [2.05, 4.69) is 19.9 Å². The highest BCUT2D eigenvalue weighted by Crippen LogP contribution is 2.16. The maximum atomic E-state index is 12.4. The van der Waals surface area contributed by atoms with E-state index < -0.39 is 10.0 Å². The van der Waals surface area contributed by atoms with Crippen molar-refractivity contribution >= 4 is 15.5 Å². The van der Waals surface area contributed by atoms with Gasteiger partial charge in [0.05, 0.1) is 18.3 Å². The zero-order valence-electron chi connectivity index (χ0n) is 11.3. The van der Waals surface area contributed by atoms with Gasteiger partial charge >= 0.3 is 0 Å². The van der Waals surface area contributed by atoms with Crippen LogP contribution in [0.1, 0.15) is 6.92 Å². The summed E-state index contributed by atoms with van der Waals surface area (Å²) < 4.78 is 30.6. The van der Waals surface area contributed by atoms with Crippen molar-refractivity contribution in [2.45, 2.75) is 24.4 Å². The van der Waals surface area contributed by atoms with E-state index in [4.69, 9.17) is 0 Å². The molecule has 0 saturated heterocycles. The molecule has 0 aliphatic carbocycles. The van der Waals surface area contributed by atoms with E-state index in [1.165, 1.54) is 17.0 Å². The van der Waals surface area contributed by atoms with Gasteiger partial charge in [-0.2, -0.15) is 10.2 Å². The molecular weight excluding hydrogens is 292 g/mol. The summed E-state index contributed by atoms with van der Waals surface area (Å²) >= 11 is 0. The van der Waals surface area contributed by atoms with E-state index in [1.54, 1.807) is 42.3 Å². The first-order valence-corrected chi connectivity index (χ1v) is 7.82. The Kier molecular flexibility index (Phi) is 3.43. The first kappa shape index (κ1) is 13.7. The van der Waals surface area contributed by atoms with Gasteiger partial charge in [-0.1, -0.05) is 6.07 Å². The molecule has 3 heterocycles. The first-order chi connectivity index (χ1) is 10.1. The summed E-state index contributed by atoms with van der Waals surface area (Å²) in [7, 11) is -3.64. The first-order valence-electron chi connectivity index (χ1n) is 6.33. The summed E-state index contributed by atoms with van der Waals surface area (Å²) in [4.78, 5) is 3.98. The molecule has 0 amide bonds. The largest absolute Gasteiger partial charge is 0.251 e. The Bertz CT molecular complexity index is 840. The summed E-state index contributed by atoms with van der Waals surface area (Å²) in [5.41, 5.74) is 0.540. The average Bonchev–Trinajstić information content (AvgIpc) is 3.06. The van der Waals surface area contributed by atoms with Gasteiger partial charge in [0.15, 0.2) is 0 Å². The second-order valence-electron chi connectivity index (χ2n) is 4.68. The lowest BCUT2D eigenvalue weighted by atomic mass is 10.4. The standard InChI is InChI=1S/C12H14N6O2S/c1-10(7-17-9-13-8-15-17)16-21(19,20)12-6-14-18-5-3-2-4-11(12)18/h2-6,8-10,16H,7H2,1H3. The maximum Gasteiger partial charge on any atom is 0.244 e. The van der Waals surface area contributed by atoms with Crippen molar-refractivity contribution in [1.29, 1.82) is 0 Å². The number of rotatable bonds is 5. The molecule has 0 radical (unpaired) electrons. The van der Waals surface area contributed by atoms with E-state index in [0.29, 0.717) is 12.1 Å². The summed E-state index contributed by atoms with van der Waals surface area (Å²) in [6.07, 6.45) is 6.00. The quantitative estimate of drug-likeness (QED) is 0.731. The minimum atomic E-state index is -3.64. The molecule has 0 aliphatic rings. The van der Waals surface area contributed by atoms with E-state index in [1.807, 2.05) is 0 Å². The topological polar surface area (TPSA) is 94.2 Å². The van der Waals surface area contributed by atoms with Crippen LogP contribution in [-0.4, -0.2) is 38.8 Å². The fourth-order valence-electron chi connectivity index (χ4n) is 2.09. The highest BCUT2D eigenvalue weighted by molar-refractivity contribution is 7.89. The Hall–Kier alpha value is -2.26. The lowest BCUT2D eigenvalue weighted by molar-refractivity contribution is 0.493. The number of fused-ring (bicyclic) bond motifs is 1. The van der Waals surface area contributed by atoms with Gasteiger partial charge in [0.25, 0.3) is 0 Å². The Morgan fingerprint density at radius 2 is 2.19 bits per heavy atom. The number of nitrogens with zero attached hydrogens (tertiary/aromatic N) is 5. The number of hydrogen-bond donors (Lipinski definition) is 1. The van der Waals surface area contributed by atoms with Gasteiger partial charge < -0.3 is 0 Å². The van der Waals surface area contributed by atoms with Crippen LogP contribution in [0.15, 0.2) is 48.1 Å². The van der Waals surface area contributed by atoms with Crippen molar-refractivity contribution in [2.24, 2.45) is 0 Å². The van der Waals surface area contributed by atoms with E-state index in [9.17, 15) is 8.42 Å². The highest BCUT2D eigenvalue weighted by atomic mass is 32.2. The molecule has 3 rings (SSSR count). The highest BCUT2D eigenvalue weighted by Gasteiger charge is 2.21. The van der Waals surface area contributed by atoms with Gasteiger partial charge in [-0.25, -0.2) is 22.6 Å². The molecule has 110 valence electrons. The van der Waals surface area contributed by atoms with Crippen LogP contribution < -0.4 is 4.72 Å². The lowest BCUT2D eigenvalue weighted by Gasteiger charge is -2.13. The predicted octanol–water partition coefficient (Wildman–Crippen LogP) is 0.293. The van der Waals surface area contributed by atoms with Gasteiger partial charge in [0.1, 0.15) is 17.6 Å². The van der Waals surface area contributed by atoms with Crippen LogP contribution in [0, 0.1) is 0 Å². The van der Waals surface area contributed by atoms with Gasteiger partial charge in [-0.15, -0.1) is 0 Å². The number of nitrogens with one attached hydrogen (secondary N) is 1. The smallest absolute Gasteiger partial charge is 0.244 e. The third-order valence-electron chi connectivity index (χ3n) is 2.96. The molecule has 0 bridgehead atoms. The monoisotopic (exact) mass is 306 g/mol. The molecule has 9 heteroatoms. The fourth-order valence-corrected chi connectivity index (χ4v) is 3.45. The van der Waals surface area contributed by atoms with Gasteiger partial charge in [-0.3, -0.25) is 4.68 Å². The molecule has 8 nitrogen and oxygen atoms in total. The molecule has 3 aromatic rings. The Balaban J connectivity index is 1.83. The van der Waals surface area contributed by atoms with Crippen molar-refractivity contribution in [3.63, 3.8) is 0 Å². The fraction of sp³-hybridized carbons (Fsp3) is 0.250. The van der Waals surface area contributed by atoms with Crippen LogP contribution in [-0.2, 0) is 16.6 Å². The molecular formula is C12H14N6O2S.